The number of hydrogen-bond donors (Lipinski definition) is 0. The number of ether oxygens (including phenoxy) is 2. The summed E-state index contributed by atoms with van der Waals surface area (Å²) in [4.78, 5) is 31.8. The molecule has 0 radical (unpaired) electrons. The van der Waals surface area contributed by atoms with E-state index in [0.29, 0.717) is 11.6 Å². The largest absolute Gasteiger partial charge is 0.443 e. The molecule has 2 aromatic heterocycles. The van der Waals surface area contributed by atoms with Gasteiger partial charge in [0.25, 0.3) is 0 Å². The van der Waals surface area contributed by atoms with Gasteiger partial charge in [-0.2, -0.15) is 0 Å². The summed E-state index contributed by atoms with van der Waals surface area (Å²) in [6.07, 6.45) is -1.75. The summed E-state index contributed by atoms with van der Waals surface area (Å²) < 4.78 is 16.7. The fourth-order valence-corrected chi connectivity index (χ4v) is 2.87. The highest BCUT2D eigenvalue weighted by Crippen LogP contribution is 2.35. The van der Waals surface area contributed by atoms with Gasteiger partial charge < -0.3 is 13.9 Å². The molecule has 0 aliphatic rings. The predicted octanol–water partition coefficient (Wildman–Crippen LogP) is 6.20. The first kappa shape index (κ1) is 21.9. The molecule has 8 heteroatoms. The molecule has 0 bridgehead atoms. The van der Waals surface area contributed by atoms with Crippen LogP contribution in [0, 0.1) is 0 Å². The van der Waals surface area contributed by atoms with Crippen LogP contribution in [0.5, 0.6) is 0 Å². The van der Waals surface area contributed by atoms with Gasteiger partial charge in [-0.05, 0) is 53.0 Å². The molecule has 0 atom stereocenters. The second-order valence-corrected chi connectivity index (χ2v) is 9.59. The zero-order valence-corrected chi connectivity index (χ0v) is 18.5. The molecule has 0 aromatic carbocycles. The SMILES string of the molecule is CC(C)c1nc(-c2cccs2)oc1N(C(=O)OC(C)(C)C)C(=O)OC(C)(C)C. The van der Waals surface area contributed by atoms with Gasteiger partial charge in [-0.1, -0.05) is 19.9 Å². The van der Waals surface area contributed by atoms with Crippen molar-refractivity contribution in [1.82, 2.24) is 4.98 Å². The fourth-order valence-electron chi connectivity index (χ4n) is 2.22. The van der Waals surface area contributed by atoms with Crippen molar-refractivity contribution >= 4 is 29.4 Å². The van der Waals surface area contributed by atoms with Crippen LogP contribution in [0.15, 0.2) is 21.9 Å². The second-order valence-electron chi connectivity index (χ2n) is 8.64. The highest BCUT2D eigenvalue weighted by atomic mass is 32.1. The minimum atomic E-state index is -0.877. The van der Waals surface area contributed by atoms with E-state index < -0.39 is 23.4 Å². The van der Waals surface area contributed by atoms with E-state index in [1.54, 1.807) is 41.5 Å². The monoisotopic (exact) mass is 408 g/mol. The molecule has 0 saturated heterocycles. The maximum atomic E-state index is 12.9. The summed E-state index contributed by atoms with van der Waals surface area (Å²) in [5.74, 6) is 0.257. The van der Waals surface area contributed by atoms with Crippen molar-refractivity contribution in [2.75, 3.05) is 4.90 Å². The van der Waals surface area contributed by atoms with E-state index >= 15 is 0 Å². The van der Waals surface area contributed by atoms with Crippen LogP contribution in [-0.4, -0.2) is 28.4 Å². The minimum absolute atomic E-state index is 0.0156. The fraction of sp³-hybridized carbons (Fsp3) is 0.550. The molecular formula is C20H28N2O5S. The molecule has 0 spiro atoms. The molecule has 2 heterocycles. The Labute approximate surface area is 169 Å². The molecule has 2 aromatic rings. The van der Waals surface area contributed by atoms with E-state index in [1.165, 1.54) is 11.3 Å². The van der Waals surface area contributed by atoms with Crippen molar-refractivity contribution in [2.45, 2.75) is 72.5 Å². The Balaban J connectivity index is 2.55. The molecule has 0 fully saturated rings. The van der Waals surface area contributed by atoms with E-state index in [-0.39, 0.29) is 11.8 Å². The number of thiophene rings is 1. The first-order valence-electron chi connectivity index (χ1n) is 9.09. The zero-order chi connectivity index (χ0) is 21.3. The molecule has 154 valence electrons. The smallest absolute Gasteiger partial charge is 0.427 e. The third-order valence-corrected chi connectivity index (χ3v) is 4.13. The number of imide groups is 1. The van der Waals surface area contributed by atoms with Crippen molar-refractivity contribution < 1.29 is 23.5 Å². The lowest BCUT2D eigenvalue weighted by Gasteiger charge is -2.27. The Morgan fingerprint density at radius 2 is 1.61 bits per heavy atom. The Bertz CT molecular complexity index is 798. The van der Waals surface area contributed by atoms with Gasteiger partial charge in [0.1, 0.15) is 16.9 Å². The molecule has 0 aliphatic heterocycles. The molecule has 2 rings (SSSR count). The molecule has 0 aliphatic carbocycles. The van der Waals surface area contributed by atoms with Crippen LogP contribution in [0.3, 0.4) is 0 Å². The lowest BCUT2D eigenvalue weighted by molar-refractivity contribution is 0.0422. The summed E-state index contributed by atoms with van der Waals surface area (Å²) in [5.41, 5.74) is -1.13. The van der Waals surface area contributed by atoms with Gasteiger partial charge in [0.2, 0.25) is 11.8 Å². The van der Waals surface area contributed by atoms with Crippen molar-refractivity contribution in [3.05, 3.63) is 23.2 Å². The lowest BCUT2D eigenvalue weighted by atomic mass is 10.1. The quantitative estimate of drug-likeness (QED) is 0.601. The van der Waals surface area contributed by atoms with E-state index in [9.17, 15) is 9.59 Å². The number of anilines is 1. The van der Waals surface area contributed by atoms with Crippen LogP contribution in [-0.2, 0) is 9.47 Å². The summed E-state index contributed by atoms with van der Waals surface area (Å²) in [7, 11) is 0. The number of nitrogens with zero attached hydrogens (tertiary/aromatic N) is 2. The van der Waals surface area contributed by atoms with Gasteiger partial charge in [0, 0.05) is 5.92 Å². The summed E-state index contributed by atoms with van der Waals surface area (Å²) >= 11 is 1.45. The second kappa shape index (κ2) is 7.95. The standard InChI is InChI=1S/C20H28N2O5S/c1-12(2)14-16(25-15(21-14)13-10-9-11-28-13)22(17(23)26-19(3,4)5)18(24)27-20(6,7)8/h9-12H,1-8H3. The Morgan fingerprint density at radius 3 is 2.00 bits per heavy atom. The van der Waals surface area contributed by atoms with Crippen LogP contribution in [0.25, 0.3) is 10.8 Å². The van der Waals surface area contributed by atoms with Crippen molar-refractivity contribution in [3.8, 4) is 10.8 Å². The van der Waals surface area contributed by atoms with E-state index in [0.717, 1.165) is 9.78 Å². The summed E-state index contributed by atoms with van der Waals surface area (Å²) in [5, 5.41) is 1.90. The molecule has 28 heavy (non-hydrogen) atoms. The molecule has 2 amide bonds. The van der Waals surface area contributed by atoms with Gasteiger partial charge in [-0.25, -0.2) is 14.6 Å². The van der Waals surface area contributed by atoms with Crippen LogP contribution in [0.1, 0.15) is 67.0 Å². The van der Waals surface area contributed by atoms with Crippen LogP contribution in [0.4, 0.5) is 15.5 Å². The average molecular weight is 409 g/mol. The minimum Gasteiger partial charge on any atom is -0.443 e. The average Bonchev–Trinajstić information content (AvgIpc) is 3.11. The summed E-state index contributed by atoms with van der Waals surface area (Å²) in [6.45, 7) is 14.1. The van der Waals surface area contributed by atoms with E-state index in [2.05, 4.69) is 4.98 Å². The Morgan fingerprint density at radius 1 is 1.07 bits per heavy atom. The van der Waals surface area contributed by atoms with Crippen LogP contribution >= 0.6 is 11.3 Å². The molecule has 0 saturated carbocycles. The number of amides is 2. The predicted molar refractivity (Wildman–Crippen MR) is 109 cm³/mol. The maximum absolute atomic E-state index is 12.9. The van der Waals surface area contributed by atoms with E-state index in [4.69, 9.17) is 13.9 Å². The summed E-state index contributed by atoms with van der Waals surface area (Å²) in [6, 6.07) is 3.73. The lowest BCUT2D eigenvalue weighted by Crippen LogP contribution is -2.44. The molecule has 7 nitrogen and oxygen atoms in total. The van der Waals surface area contributed by atoms with E-state index in [1.807, 2.05) is 31.4 Å². The number of hydrogen-bond acceptors (Lipinski definition) is 7. The van der Waals surface area contributed by atoms with Gasteiger partial charge in [-0.15, -0.1) is 16.2 Å². The number of carbonyl (C=O) groups is 2. The molecule has 0 unspecified atom stereocenters. The van der Waals surface area contributed by atoms with Crippen molar-refractivity contribution in [2.24, 2.45) is 0 Å². The number of rotatable bonds is 3. The maximum Gasteiger partial charge on any atom is 0.427 e. The third kappa shape index (κ3) is 5.58. The van der Waals surface area contributed by atoms with Crippen LogP contribution < -0.4 is 4.90 Å². The number of carbonyl (C=O) groups excluding carboxylic acids is 2. The molecular weight excluding hydrogens is 380 g/mol. The third-order valence-electron chi connectivity index (χ3n) is 3.27. The van der Waals surface area contributed by atoms with Crippen LogP contribution in [0.2, 0.25) is 0 Å². The number of oxazole rings is 1. The first-order chi connectivity index (χ1) is 12.8. The molecule has 0 N–H and O–H groups in total. The number of aromatic nitrogens is 1. The van der Waals surface area contributed by atoms with Gasteiger partial charge in [0.05, 0.1) is 4.88 Å². The highest BCUT2D eigenvalue weighted by molar-refractivity contribution is 7.13. The van der Waals surface area contributed by atoms with Gasteiger partial charge in [0.15, 0.2) is 0 Å². The first-order valence-corrected chi connectivity index (χ1v) is 9.97. The van der Waals surface area contributed by atoms with Gasteiger partial charge in [-0.3, -0.25) is 0 Å². The van der Waals surface area contributed by atoms with Crippen molar-refractivity contribution in [3.63, 3.8) is 0 Å². The Hall–Kier alpha value is -2.35. The Kier molecular flexibility index (Phi) is 6.23. The van der Waals surface area contributed by atoms with Crippen molar-refractivity contribution in [1.29, 1.82) is 0 Å². The normalized spacial score (nSPS) is 12.2. The zero-order valence-electron chi connectivity index (χ0n) is 17.7. The van der Waals surface area contributed by atoms with Gasteiger partial charge >= 0.3 is 12.2 Å². The topological polar surface area (TPSA) is 81.9 Å². The highest BCUT2D eigenvalue weighted by Gasteiger charge is 2.38.